The number of aliphatic hydroxyl groups excluding tert-OH is 1. The van der Waals surface area contributed by atoms with Gasteiger partial charge in [-0.2, -0.15) is 0 Å². The second-order valence-corrected chi connectivity index (χ2v) is 5.65. The van der Waals surface area contributed by atoms with Gasteiger partial charge >= 0.3 is 5.97 Å². The van der Waals surface area contributed by atoms with Crippen LogP contribution in [0.25, 0.3) is 0 Å². The highest BCUT2D eigenvalue weighted by molar-refractivity contribution is 5.93. The van der Waals surface area contributed by atoms with Crippen LogP contribution >= 0.6 is 0 Å². The summed E-state index contributed by atoms with van der Waals surface area (Å²) >= 11 is 0. The number of guanidine groups is 1. The number of hydrogen-bond donors (Lipinski definition) is 8. The smallest absolute Gasteiger partial charge is 0.322 e. The number of rotatable bonds is 12. The summed E-state index contributed by atoms with van der Waals surface area (Å²) < 4.78 is 0. The lowest BCUT2D eigenvalue weighted by Gasteiger charge is -2.22. The predicted molar refractivity (Wildman–Crippen MR) is 95.2 cm³/mol. The second kappa shape index (κ2) is 12.4. The summed E-state index contributed by atoms with van der Waals surface area (Å²) in [6.45, 7) is 0.204. The summed E-state index contributed by atoms with van der Waals surface area (Å²) in [5, 5.41) is 24.5. The van der Waals surface area contributed by atoms with Crippen LogP contribution in [0.1, 0.15) is 19.8 Å². The first-order chi connectivity index (χ1) is 12.6. The Bertz CT molecular complexity index is 562. The van der Waals surface area contributed by atoms with Gasteiger partial charge in [0.15, 0.2) is 5.96 Å². The van der Waals surface area contributed by atoms with E-state index in [9.17, 15) is 24.3 Å². The highest BCUT2D eigenvalue weighted by atomic mass is 16.4. The molecule has 11 N–H and O–H groups in total. The molecule has 27 heavy (non-hydrogen) atoms. The fourth-order valence-electron chi connectivity index (χ4n) is 1.83. The van der Waals surface area contributed by atoms with Crippen molar-refractivity contribution in [2.75, 3.05) is 19.7 Å². The first kappa shape index (κ1) is 24.1. The molecular formula is C14H27N7O6. The van der Waals surface area contributed by atoms with Crippen molar-refractivity contribution in [2.45, 2.75) is 37.9 Å². The Hall–Kier alpha value is -2.93. The van der Waals surface area contributed by atoms with Crippen LogP contribution < -0.4 is 33.2 Å². The van der Waals surface area contributed by atoms with Gasteiger partial charge in [-0.05, 0) is 19.8 Å². The Morgan fingerprint density at radius 3 is 2.11 bits per heavy atom. The Kier molecular flexibility index (Phi) is 11.1. The van der Waals surface area contributed by atoms with Gasteiger partial charge in [-0.3, -0.25) is 24.2 Å². The SMILES string of the molecule is CC(N)C(=O)NC(CCCN=C(N)N)C(=O)NC(CO)C(=O)NCC(=O)O. The third-order valence-corrected chi connectivity index (χ3v) is 3.22. The van der Waals surface area contributed by atoms with Gasteiger partial charge in [-0.25, -0.2) is 0 Å². The van der Waals surface area contributed by atoms with Crippen LogP contribution in [0.3, 0.4) is 0 Å². The minimum Gasteiger partial charge on any atom is -0.480 e. The number of hydrogen-bond acceptors (Lipinski definition) is 7. The molecule has 0 aliphatic heterocycles. The summed E-state index contributed by atoms with van der Waals surface area (Å²) in [7, 11) is 0. The highest BCUT2D eigenvalue weighted by Gasteiger charge is 2.27. The number of aliphatic hydroxyl groups is 1. The fourth-order valence-corrected chi connectivity index (χ4v) is 1.83. The zero-order valence-electron chi connectivity index (χ0n) is 15.0. The van der Waals surface area contributed by atoms with E-state index in [2.05, 4.69) is 15.6 Å². The largest absolute Gasteiger partial charge is 0.480 e. The number of nitrogens with two attached hydrogens (primary N) is 3. The molecule has 0 rings (SSSR count). The quantitative estimate of drug-likeness (QED) is 0.0911. The van der Waals surface area contributed by atoms with Crippen LogP contribution in [0.2, 0.25) is 0 Å². The zero-order valence-corrected chi connectivity index (χ0v) is 15.0. The van der Waals surface area contributed by atoms with Crippen molar-refractivity contribution in [1.82, 2.24) is 16.0 Å². The van der Waals surface area contributed by atoms with E-state index >= 15 is 0 Å². The average molecular weight is 389 g/mol. The summed E-state index contributed by atoms with van der Waals surface area (Å²) in [5.41, 5.74) is 15.9. The number of aliphatic imine (C=N–C) groups is 1. The fraction of sp³-hybridized carbons (Fsp3) is 0.643. The lowest BCUT2D eigenvalue weighted by molar-refractivity contribution is -0.139. The second-order valence-electron chi connectivity index (χ2n) is 5.65. The van der Waals surface area contributed by atoms with Crippen LogP contribution in [0.4, 0.5) is 0 Å². The number of carbonyl (C=O) groups excluding carboxylic acids is 3. The molecule has 0 aromatic carbocycles. The third kappa shape index (κ3) is 10.6. The van der Waals surface area contributed by atoms with Gasteiger partial charge in [0.1, 0.15) is 18.6 Å². The number of carboxylic acids is 1. The van der Waals surface area contributed by atoms with E-state index in [-0.39, 0.29) is 18.9 Å². The van der Waals surface area contributed by atoms with Crippen molar-refractivity contribution in [3.05, 3.63) is 0 Å². The van der Waals surface area contributed by atoms with Gasteiger partial charge in [-0.15, -0.1) is 0 Å². The molecule has 3 amide bonds. The third-order valence-electron chi connectivity index (χ3n) is 3.22. The van der Waals surface area contributed by atoms with Crippen LogP contribution in [0.5, 0.6) is 0 Å². The number of aliphatic carboxylic acids is 1. The van der Waals surface area contributed by atoms with Crippen molar-refractivity contribution in [2.24, 2.45) is 22.2 Å². The molecule has 0 saturated heterocycles. The molecule has 0 bridgehead atoms. The van der Waals surface area contributed by atoms with Gasteiger partial charge in [0, 0.05) is 6.54 Å². The number of nitrogens with one attached hydrogen (secondary N) is 3. The molecule has 154 valence electrons. The minimum atomic E-state index is -1.38. The molecule has 0 aliphatic rings. The van der Waals surface area contributed by atoms with Crippen LogP contribution in [-0.2, 0) is 19.2 Å². The standard InChI is InChI=1S/C14H27N7O6/c1-7(15)11(25)20-8(3-2-4-18-14(16)17)13(27)21-9(6-22)12(26)19-5-10(23)24/h7-9,22H,2-6,15H2,1H3,(H,19,26)(H,20,25)(H,21,27)(H,23,24)(H4,16,17,18). The topological polar surface area (TPSA) is 235 Å². The Morgan fingerprint density at radius 1 is 1.04 bits per heavy atom. The monoisotopic (exact) mass is 389 g/mol. The van der Waals surface area contributed by atoms with E-state index in [1.807, 2.05) is 5.32 Å². The van der Waals surface area contributed by atoms with Crippen molar-refractivity contribution >= 4 is 29.7 Å². The summed E-state index contributed by atoms with van der Waals surface area (Å²) in [6.07, 6.45) is 0.472. The van der Waals surface area contributed by atoms with E-state index < -0.39 is 55.0 Å². The van der Waals surface area contributed by atoms with Gasteiger partial charge < -0.3 is 43.4 Å². The van der Waals surface area contributed by atoms with Crippen molar-refractivity contribution in [3.63, 3.8) is 0 Å². The number of carboxylic acid groups (broad SMARTS) is 1. The number of nitrogens with zero attached hydrogens (tertiary/aromatic N) is 1. The highest BCUT2D eigenvalue weighted by Crippen LogP contribution is 2.01. The summed E-state index contributed by atoms with van der Waals surface area (Å²) in [5.74, 6) is -3.63. The van der Waals surface area contributed by atoms with Crippen molar-refractivity contribution < 1.29 is 29.4 Å². The van der Waals surface area contributed by atoms with Crippen LogP contribution in [-0.4, -0.2) is 77.7 Å². The molecule has 0 radical (unpaired) electrons. The van der Waals surface area contributed by atoms with E-state index in [1.54, 1.807) is 0 Å². The molecule has 0 heterocycles. The molecule has 0 saturated carbocycles. The molecule has 3 atom stereocenters. The molecule has 0 aliphatic carbocycles. The molecule has 0 aromatic rings. The number of carbonyl (C=O) groups is 4. The van der Waals surface area contributed by atoms with Gasteiger partial charge in [0.2, 0.25) is 17.7 Å². The van der Waals surface area contributed by atoms with Gasteiger partial charge in [-0.1, -0.05) is 0 Å². The normalized spacial score (nSPS) is 13.6. The maximum absolute atomic E-state index is 12.4. The van der Waals surface area contributed by atoms with E-state index in [0.29, 0.717) is 6.42 Å². The molecule has 3 unspecified atom stereocenters. The van der Waals surface area contributed by atoms with E-state index in [1.165, 1.54) is 6.92 Å². The minimum absolute atomic E-state index is 0.119. The van der Waals surface area contributed by atoms with E-state index in [4.69, 9.17) is 22.3 Å². The van der Waals surface area contributed by atoms with E-state index in [0.717, 1.165) is 0 Å². The van der Waals surface area contributed by atoms with Gasteiger partial charge in [0.05, 0.1) is 12.6 Å². The van der Waals surface area contributed by atoms with Crippen molar-refractivity contribution in [3.8, 4) is 0 Å². The maximum atomic E-state index is 12.4. The first-order valence-corrected chi connectivity index (χ1v) is 8.10. The molecule has 13 nitrogen and oxygen atoms in total. The molecule has 0 spiro atoms. The number of amides is 3. The molecule has 0 aromatic heterocycles. The Morgan fingerprint density at radius 2 is 1.63 bits per heavy atom. The molecule has 0 fully saturated rings. The Balaban J connectivity index is 4.95. The predicted octanol–water partition coefficient (Wildman–Crippen LogP) is -4.45. The maximum Gasteiger partial charge on any atom is 0.322 e. The first-order valence-electron chi connectivity index (χ1n) is 8.10. The summed E-state index contributed by atoms with van der Waals surface area (Å²) in [4.78, 5) is 50.2. The van der Waals surface area contributed by atoms with Crippen LogP contribution in [0.15, 0.2) is 4.99 Å². The zero-order chi connectivity index (χ0) is 21.0. The van der Waals surface area contributed by atoms with Gasteiger partial charge in [0.25, 0.3) is 0 Å². The Labute approximate surface area is 155 Å². The van der Waals surface area contributed by atoms with Crippen molar-refractivity contribution in [1.29, 1.82) is 0 Å². The van der Waals surface area contributed by atoms with Crippen LogP contribution in [0, 0.1) is 0 Å². The lowest BCUT2D eigenvalue weighted by atomic mass is 10.1. The average Bonchev–Trinajstić information content (AvgIpc) is 2.59. The lowest BCUT2D eigenvalue weighted by Crippen LogP contribution is -2.56. The molecular weight excluding hydrogens is 362 g/mol. The summed E-state index contributed by atoms with van der Waals surface area (Å²) in [6, 6.07) is -3.31. The molecule has 13 heteroatoms.